The van der Waals surface area contributed by atoms with Crippen LogP contribution in [0.1, 0.15) is 26.7 Å². The van der Waals surface area contributed by atoms with Gasteiger partial charge in [0.05, 0.1) is 10.9 Å². The number of nitrogens with zero attached hydrogens (tertiary/aromatic N) is 1. The predicted octanol–water partition coefficient (Wildman–Crippen LogP) is 2.37. The van der Waals surface area contributed by atoms with Crippen LogP contribution in [0.15, 0.2) is 33.6 Å². The highest BCUT2D eigenvalue weighted by molar-refractivity contribution is 9.10. The van der Waals surface area contributed by atoms with E-state index in [1.165, 1.54) is 12.1 Å². The summed E-state index contributed by atoms with van der Waals surface area (Å²) in [4.78, 5) is 14.3. The van der Waals surface area contributed by atoms with E-state index in [9.17, 15) is 13.2 Å². The number of hydrogen-bond donors (Lipinski definition) is 1. The van der Waals surface area contributed by atoms with Crippen LogP contribution in [0.25, 0.3) is 0 Å². The van der Waals surface area contributed by atoms with Crippen LogP contribution in [0.5, 0.6) is 0 Å². The van der Waals surface area contributed by atoms with E-state index in [1.807, 2.05) is 0 Å². The average Bonchev–Trinajstić information content (AvgIpc) is 2.47. The third-order valence-electron chi connectivity index (χ3n) is 3.92. The summed E-state index contributed by atoms with van der Waals surface area (Å²) < 4.78 is 27.9. The highest BCUT2D eigenvalue weighted by Gasteiger charge is 2.27. The first-order valence-electron chi connectivity index (χ1n) is 7.36. The maximum absolute atomic E-state index is 12.4. The molecule has 0 aliphatic carbocycles. The Morgan fingerprint density at radius 1 is 1.27 bits per heavy atom. The summed E-state index contributed by atoms with van der Waals surface area (Å²) in [6, 6.07) is 5.57. The normalized spacial score (nSPS) is 18.2. The summed E-state index contributed by atoms with van der Waals surface area (Å²) in [5, 5.41) is 0. The second kappa shape index (κ2) is 7.10. The fourth-order valence-corrected chi connectivity index (χ4v) is 3.93. The van der Waals surface area contributed by atoms with E-state index in [0.717, 1.165) is 17.3 Å². The van der Waals surface area contributed by atoms with Gasteiger partial charge in [-0.15, -0.1) is 0 Å². The largest absolute Gasteiger partial charge is 0.341 e. The number of carbonyl (C=O) groups is 1. The van der Waals surface area contributed by atoms with Crippen molar-refractivity contribution in [2.45, 2.75) is 37.6 Å². The standard InChI is InChI=1S/C15H21BrN2O3S/c1-11-7-9-18(10-8-11)15(19)12(2)17-22(20,21)14-5-3-13(16)4-6-14/h3-6,11-12,17H,7-10H2,1-2H3/t12-/m0/s1. The summed E-state index contributed by atoms with van der Waals surface area (Å²) in [6.07, 6.45) is 1.94. The van der Waals surface area contributed by atoms with Crippen LogP contribution in [0.3, 0.4) is 0 Å². The molecule has 1 N–H and O–H groups in total. The molecule has 0 radical (unpaired) electrons. The Hall–Kier alpha value is -0.920. The molecule has 1 amide bonds. The molecule has 1 aliphatic heterocycles. The zero-order valence-corrected chi connectivity index (χ0v) is 15.2. The second-order valence-electron chi connectivity index (χ2n) is 5.80. The minimum atomic E-state index is -3.69. The summed E-state index contributed by atoms with van der Waals surface area (Å²) in [5.41, 5.74) is 0. The fourth-order valence-electron chi connectivity index (χ4n) is 2.47. The van der Waals surface area contributed by atoms with Gasteiger partial charge in [-0.2, -0.15) is 4.72 Å². The lowest BCUT2D eigenvalue weighted by Crippen LogP contribution is -2.49. The molecule has 1 aromatic carbocycles. The Balaban J connectivity index is 2.02. The van der Waals surface area contributed by atoms with Gasteiger partial charge in [-0.05, 0) is 49.9 Å². The number of piperidine rings is 1. The van der Waals surface area contributed by atoms with Gasteiger partial charge in [0, 0.05) is 17.6 Å². The zero-order chi connectivity index (χ0) is 16.3. The Morgan fingerprint density at radius 3 is 2.36 bits per heavy atom. The lowest BCUT2D eigenvalue weighted by molar-refractivity contribution is -0.133. The van der Waals surface area contributed by atoms with Crippen LogP contribution in [-0.2, 0) is 14.8 Å². The van der Waals surface area contributed by atoms with Gasteiger partial charge in [-0.25, -0.2) is 8.42 Å². The predicted molar refractivity (Wildman–Crippen MR) is 88.9 cm³/mol. The summed E-state index contributed by atoms with van der Waals surface area (Å²) in [5.74, 6) is 0.464. The van der Waals surface area contributed by atoms with Crippen molar-refractivity contribution in [2.75, 3.05) is 13.1 Å². The Labute approximate surface area is 140 Å². The summed E-state index contributed by atoms with van der Waals surface area (Å²) in [7, 11) is -3.69. The quantitative estimate of drug-likeness (QED) is 0.860. The summed E-state index contributed by atoms with van der Waals surface area (Å²) in [6.45, 7) is 5.16. The Kier molecular flexibility index (Phi) is 5.63. The van der Waals surface area contributed by atoms with Crippen molar-refractivity contribution in [3.05, 3.63) is 28.7 Å². The number of sulfonamides is 1. The molecule has 1 atom stereocenters. The average molecular weight is 389 g/mol. The van der Waals surface area contributed by atoms with Crippen molar-refractivity contribution >= 4 is 31.9 Å². The topological polar surface area (TPSA) is 66.5 Å². The van der Waals surface area contributed by atoms with E-state index in [4.69, 9.17) is 0 Å². The first-order chi connectivity index (χ1) is 10.3. The molecule has 0 unspecified atom stereocenters. The van der Waals surface area contributed by atoms with E-state index in [-0.39, 0.29) is 10.8 Å². The lowest BCUT2D eigenvalue weighted by atomic mass is 9.99. The zero-order valence-electron chi connectivity index (χ0n) is 12.8. The van der Waals surface area contributed by atoms with E-state index < -0.39 is 16.1 Å². The van der Waals surface area contributed by atoms with E-state index in [1.54, 1.807) is 24.0 Å². The molecule has 5 nitrogen and oxygen atoms in total. The lowest BCUT2D eigenvalue weighted by Gasteiger charge is -2.32. The number of rotatable bonds is 4. The Morgan fingerprint density at radius 2 is 1.82 bits per heavy atom. The Bertz CT molecular complexity index is 623. The van der Waals surface area contributed by atoms with Crippen LogP contribution >= 0.6 is 15.9 Å². The van der Waals surface area contributed by atoms with Gasteiger partial charge in [-0.1, -0.05) is 22.9 Å². The minimum absolute atomic E-state index is 0.155. The first-order valence-corrected chi connectivity index (χ1v) is 9.64. The van der Waals surface area contributed by atoms with Gasteiger partial charge >= 0.3 is 0 Å². The first kappa shape index (κ1) is 17.4. The van der Waals surface area contributed by atoms with Gasteiger partial charge < -0.3 is 4.90 Å². The number of hydrogen-bond acceptors (Lipinski definition) is 3. The maximum Gasteiger partial charge on any atom is 0.241 e. The summed E-state index contributed by atoms with van der Waals surface area (Å²) >= 11 is 3.27. The number of nitrogens with one attached hydrogen (secondary N) is 1. The van der Waals surface area contributed by atoms with Crippen LogP contribution in [0.2, 0.25) is 0 Å². The van der Waals surface area contributed by atoms with Gasteiger partial charge in [-0.3, -0.25) is 4.79 Å². The highest BCUT2D eigenvalue weighted by atomic mass is 79.9. The third kappa shape index (κ3) is 4.30. The van der Waals surface area contributed by atoms with Crippen LogP contribution < -0.4 is 4.72 Å². The van der Waals surface area contributed by atoms with Crippen molar-refractivity contribution in [3.63, 3.8) is 0 Å². The number of benzene rings is 1. The van der Waals surface area contributed by atoms with E-state index >= 15 is 0 Å². The van der Waals surface area contributed by atoms with Crippen molar-refractivity contribution in [3.8, 4) is 0 Å². The molecule has 1 aromatic rings. The maximum atomic E-state index is 12.4. The van der Waals surface area contributed by atoms with E-state index in [0.29, 0.717) is 19.0 Å². The van der Waals surface area contributed by atoms with Crippen molar-refractivity contribution in [2.24, 2.45) is 5.92 Å². The molecule has 0 aromatic heterocycles. The van der Waals surface area contributed by atoms with Crippen molar-refractivity contribution < 1.29 is 13.2 Å². The van der Waals surface area contributed by atoms with Gasteiger partial charge in [0.15, 0.2) is 0 Å². The van der Waals surface area contributed by atoms with Crippen molar-refractivity contribution in [1.29, 1.82) is 0 Å². The number of amides is 1. The number of carbonyl (C=O) groups excluding carboxylic acids is 1. The molecule has 22 heavy (non-hydrogen) atoms. The fraction of sp³-hybridized carbons (Fsp3) is 0.533. The molecule has 1 aliphatic rings. The molecule has 0 spiro atoms. The third-order valence-corrected chi connectivity index (χ3v) is 6.01. The van der Waals surface area contributed by atoms with Crippen molar-refractivity contribution in [1.82, 2.24) is 9.62 Å². The smallest absolute Gasteiger partial charge is 0.241 e. The molecular formula is C15H21BrN2O3S. The number of halogens is 1. The SMILES string of the molecule is CC1CCN(C(=O)[C@H](C)NS(=O)(=O)c2ccc(Br)cc2)CC1. The second-order valence-corrected chi connectivity index (χ2v) is 8.43. The van der Waals surface area contributed by atoms with Gasteiger partial charge in [0.2, 0.25) is 15.9 Å². The van der Waals surface area contributed by atoms with Crippen LogP contribution in [0, 0.1) is 5.92 Å². The molecule has 7 heteroatoms. The molecule has 2 rings (SSSR count). The van der Waals surface area contributed by atoms with Crippen LogP contribution in [0.4, 0.5) is 0 Å². The molecule has 1 fully saturated rings. The molecule has 0 bridgehead atoms. The van der Waals surface area contributed by atoms with Crippen LogP contribution in [-0.4, -0.2) is 38.4 Å². The highest BCUT2D eigenvalue weighted by Crippen LogP contribution is 2.18. The van der Waals surface area contributed by atoms with E-state index in [2.05, 4.69) is 27.6 Å². The molecule has 1 saturated heterocycles. The minimum Gasteiger partial charge on any atom is -0.341 e. The van der Waals surface area contributed by atoms with Gasteiger partial charge in [0.25, 0.3) is 0 Å². The molecular weight excluding hydrogens is 368 g/mol. The molecule has 1 heterocycles. The van der Waals surface area contributed by atoms with Gasteiger partial charge in [0.1, 0.15) is 0 Å². The molecule has 0 saturated carbocycles. The monoisotopic (exact) mass is 388 g/mol. The number of likely N-dealkylation sites (tertiary alicyclic amines) is 1. The molecule has 122 valence electrons.